The number of amides is 2. The van der Waals surface area contributed by atoms with Gasteiger partial charge >= 0.3 is 0 Å². The molecule has 0 aromatic heterocycles. The summed E-state index contributed by atoms with van der Waals surface area (Å²) in [5, 5.41) is 12.4. The first kappa shape index (κ1) is 20.0. The predicted molar refractivity (Wildman–Crippen MR) is 111 cm³/mol. The molecule has 1 saturated heterocycles. The lowest BCUT2D eigenvalue weighted by Gasteiger charge is -2.32. The quantitative estimate of drug-likeness (QED) is 0.809. The van der Waals surface area contributed by atoms with Gasteiger partial charge in [-0.1, -0.05) is 11.6 Å². The van der Waals surface area contributed by atoms with Crippen LogP contribution in [-0.2, 0) is 4.79 Å². The molecule has 2 amide bonds. The third-order valence-electron chi connectivity index (χ3n) is 5.30. The number of rotatable bonds is 4. The van der Waals surface area contributed by atoms with Crippen LogP contribution < -0.4 is 14.8 Å². The molecule has 8 heteroatoms. The monoisotopic (exact) mass is 425 g/mol. The van der Waals surface area contributed by atoms with E-state index in [4.69, 9.17) is 21.1 Å². The number of benzene rings is 2. The Bertz CT molecular complexity index is 1030. The summed E-state index contributed by atoms with van der Waals surface area (Å²) < 4.78 is 11.2. The first-order chi connectivity index (χ1) is 14.5. The van der Waals surface area contributed by atoms with Crippen molar-refractivity contribution in [3.63, 3.8) is 0 Å². The van der Waals surface area contributed by atoms with Gasteiger partial charge in [0.2, 0.25) is 0 Å². The smallest absolute Gasteiger partial charge is 0.262 e. The molecule has 2 aliphatic rings. The first-order valence-corrected chi connectivity index (χ1v) is 10.1. The maximum Gasteiger partial charge on any atom is 0.262 e. The van der Waals surface area contributed by atoms with Gasteiger partial charge in [0.25, 0.3) is 11.8 Å². The largest absolute Gasteiger partial charge is 0.492 e. The Morgan fingerprint density at radius 3 is 2.83 bits per heavy atom. The van der Waals surface area contributed by atoms with Crippen LogP contribution in [0.25, 0.3) is 0 Å². The third-order valence-corrected chi connectivity index (χ3v) is 5.53. The van der Waals surface area contributed by atoms with Crippen molar-refractivity contribution in [3.8, 4) is 17.6 Å². The average Bonchev–Trinajstić information content (AvgIpc) is 2.77. The van der Waals surface area contributed by atoms with Crippen LogP contribution in [0.2, 0.25) is 5.02 Å². The van der Waals surface area contributed by atoms with Crippen molar-refractivity contribution in [3.05, 3.63) is 52.5 Å². The number of nitrogens with one attached hydrogen (secondary N) is 1. The van der Waals surface area contributed by atoms with Crippen molar-refractivity contribution in [1.82, 2.24) is 4.90 Å². The number of ether oxygens (including phenoxy) is 2. The molecular formula is C22H20ClN3O4. The fourth-order valence-corrected chi connectivity index (χ4v) is 3.80. The summed E-state index contributed by atoms with van der Waals surface area (Å²) in [6, 6.07) is 12.2. The summed E-state index contributed by atoms with van der Waals surface area (Å²) in [5.41, 5.74) is 1.46. The molecule has 2 aromatic carbocycles. The van der Waals surface area contributed by atoms with Gasteiger partial charge in [-0.3, -0.25) is 9.59 Å². The molecule has 7 nitrogen and oxygen atoms in total. The van der Waals surface area contributed by atoms with Crippen molar-refractivity contribution < 1.29 is 19.1 Å². The summed E-state index contributed by atoms with van der Waals surface area (Å²) in [7, 11) is 0. The van der Waals surface area contributed by atoms with E-state index in [2.05, 4.69) is 11.4 Å². The highest BCUT2D eigenvalue weighted by Gasteiger charge is 2.26. The number of piperidine rings is 1. The van der Waals surface area contributed by atoms with Gasteiger partial charge in [0, 0.05) is 23.7 Å². The van der Waals surface area contributed by atoms with E-state index in [1.54, 1.807) is 36.4 Å². The van der Waals surface area contributed by atoms with Crippen LogP contribution in [0.1, 0.15) is 28.8 Å². The maximum absolute atomic E-state index is 12.9. The molecule has 0 saturated carbocycles. The molecule has 0 radical (unpaired) electrons. The number of nitrogens with zero attached hydrogens (tertiary/aromatic N) is 2. The number of nitriles is 1. The van der Waals surface area contributed by atoms with Crippen molar-refractivity contribution in [1.29, 1.82) is 5.26 Å². The fourth-order valence-electron chi connectivity index (χ4n) is 3.62. The maximum atomic E-state index is 12.9. The predicted octanol–water partition coefficient (Wildman–Crippen LogP) is 3.47. The standard InChI is InChI=1S/C22H20ClN3O4/c23-17-2-4-19(16(9-17)11-24)29-12-14-5-7-26(8-6-14)22(28)15-1-3-20-18(10-15)25-21(27)13-30-20/h1-4,9-10,14H,5-8,12-13H2,(H,25,27). The van der Waals surface area contributed by atoms with Crippen molar-refractivity contribution in [2.24, 2.45) is 5.92 Å². The zero-order valence-corrected chi connectivity index (χ0v) is 16.9. The van der Waals surface area contributed by atoms with Gasteiger partial charge in [0.1, 0.15) is 17.6 Å². The number of anilines is 1. The second-order valence-corrected chi connectivity index (χ2v) is 7.78. The SMILES string of the molecule is N#Cc1cc(Cl)ccc1OCC1CCN(C(=O)c2ccc3c(c2)NC(=O)CO3)CC1. The molecule has 154 valence electrons. The van der Waals surface area contributed by atoms with Crippen LogP contribution in [0.5, 0.6) is 11.5 Å². The van der Waals surface area contributed by atoms with Crippen LogP contribution in [0, 0.1) is 17.2 Å². The molecule has 0 unspecified atom stereocenters. The highest BCUT2D eigenvalue weighted by molar-refractivity contribution is 6.30. The number of likely N-dealkylation sites (tertiary alicyclic amines) is 1. The number of hydrogen-bond donors (Lipinski definition) is 1. The molecule has 0 atom stereocenters. The van der Waals surface area contributed by atoms with Crippen molar-refractivity contribution >= 4 is 29.1 Å². The van der Waals surface area contributed by atoms with E-state index in [1.165, 1.54) is 0 Å². The van der Waals surface area contributed by atoms with E-state index in [-0.39, 0.29) is 18.4 Å². The van der Waals surface area contributed by atoms with Gasteiger partial charge in [-0.15, -0.1) is 0 Å². The summed E-state index contributed by atoms with van der Waals surface area (Å²) in [6.45, 7) is 1.72. The Balaban J connectivity index is 1.32. The molecule has 4 rings (SSSR count). The van der Waals surface area contributed by atoms with Gasteiger partial charge in [-0.05, 0) is 55.2 Å². The highest BCUT2D eigenvalue weighted by atomic mass is 35.5. The van der Waals surface area contributed by atoms with Crippen LogP contribution >= 0.6 is 11.6 Å². The second-order valence-electron chi connectivity index (χ2n) is 7.35. The minimum absolute atomic E-state index is 0.0121. The highest BCUT2D eigenvalue weighted by Crippen LogP contribution is 2.30. The number of hydrogen-bond acceptors (Lipinski definition) is 5. The Morgan fingerprint density at radius 1 is 1.27 bits per heavy atom. The Hall–Kier alpha value is -3.24. The molecular weight excluding hydrogens is 406 g/mol. The summed E-state index contributed by atoms with van der Waals surface area (Å²) in [4.78, 5) is 26.2. The molecule has 2 aromatic rings. The van der Waals surface area contributed by atoms with Crippen LogP contribution in [-0.4, -0.2) is 43.0 Å². The third kappa shape index (κ3) is 4.34. The van der Waals surface area contributed by atoms with Gasteiger partial charge in [-0.2, -0.15) is 5.26 Å². The molecule has 0 bridgehead atoms. The molecule has 0 spiro atoms. The van der Waals surface area contributed by atoms with Gasteiger partial charge in [0.05, 0.1) is 17.9 Å². The van der Waals surface area contributed by atoms with E-state index < -0.39 is 0 Å². The van der Waals surface area contributed by atoms with E-state index >= 15 is 0 Å². The number of halogens is 1. The van der Waals surface area contributed by atoms with Gasteiger partial charge < -0.3 is 19.7 Å². The van der Waals surface area contributed by atoms with E-state index in [9.17, 15) is 14.9 Å². The lowest BCUT2D eigenvalue weighted by atomic mass is 9.97. The van der Waals surface area contributed by atoms with Gasteiger partial charge in [-0.25, -0.2) is 0 Å². The minimum Gasteiger partial charge on any atom is -0.492 e. The molecule has 2 heterocycles. The zero-order chi connectivity index (χ0) is 21.1. The Morgan fingerprint density at radius 2 is 2.07 bits per heavy atom. The minimum atomic E-state index is -0.229. The zero-order valence-electron chi connectivity index (χ0n) is 16.2. The Kier molecular flexibility index (Phi) is 5.77. The molecule has 30 heavy (non-hydrogen) atoms. The van der Waals surface area contributed by atoms with Crippen LogP contribution in [0.15, 0.2) is 36.4 Å². The van der Waals surface area contributed by atoms with E-state index in [0.717, 1.165) is 12.8 Å². The Labute approximate surface area is 179 Å². The first-order valence-electron chi connectivity index (χ1n) is 9.72. The molecule has 1 N–H and O–H groups in total. The fraction of sp³-hybridized carbons (Fsp3) is 0.318. The lowest BCUT2D eigenvalue weighted by molar-refractivity contribution is -0.118. The number of fused-ring (bicyclic) bond motifs is 1. The molecule has 1 fully saturated rings. The summed E-state index contributed by atoms with van der Waals surface area (Å²) in [6.07, 6.45) is 1.62. The number of carbonyl (C=O) groups excluding carboxylic acids is 2. The van der Waals surface area contributed by atoms with Crippen molar-refractivity contribution in [2.75, 3.05) is 31.6 Å². The van der Waals surface area contributed by atoms with E-state index in [0.29, 0.717) is 59.0 Å². The van der Waals surface area contributed by atoms with Crippen molar-refractivity contribution in [2.45, 2.75) is 12.8 Å². The van der Waals surface area contributed by atoms with Gasteiger partial charge in [0.15, 0.2) is 6.61 Å². The van der Waals surface area contributed by atoms with E-state index in [1.807, 2.05) is 4.90 Å². The number of carbonyl (C=O) groups is 2. The lowest BCUT2D eigenvalue weighted by Crippen LogP contribution is -2.39. The second kappa shape index (κ2) is 8.64. The summed E-state index contributed by atoms with van der Waals surface area (Å²) >= 11 is 5.92. The normalized spacial score (nSPS) is 16.1. The molecule has 2 aliphatic heterocycles. The molecule has 0 aliphatic carbocycles. The topological polar surface area (TPSA) is 91.7 Å². The van der Waals surface area contributed by atoms with Crippen LogP contribution in [0.4, 0.5) is 5.69 Å². The summed E-state index contributed by atoms with van der Waals surface area (Å²) in [5.74, 6) is 1.10. The average molecular weight is 426 g/mol. The van der Waals surface area contributed by atoms with Crippen LogP contribution in [0.3, 0.4) is 0 Å².